The van der Waals surface area contributed by atoms with Crippen molar-refractivity contribution in [2.45, 2.75) is 0 Å². The second-order valence-electron chi connectivity index (χ2n) is 2.88. The van der Waals surface area contributed by atoms with Gasteiger partial charge in [0.05, 0.1) is 6.34 Å². The Bertz CT molecular complexity index is 452. The van der Waals surface area contributed by atoms with Gasteiger partial charge in [0, 0.05) is 5.69 Å². The van der Waals surface area contributed by atoms with Crippen LogP contribution in [0.15, 0.2) is 29.0 Å². The van der Waals surface area contributed by atoms with E-state index >= 15 is 0 Å². The summed E-state index contributed by atoms with van der Waals surface area (Å²) in [6.07, 6.45) is 3.78. The summed E-state index contributed by atoms with van der Waals surface area (Å²) in [6.45, 7) is 0. The van der Waals surface area contributed by atoms with E-state index in [1.54, 1.807) is 0 Å². The number of aliphatic imine (C=N–C) groups is 1. The van der Waals surface area contributed by atoms with Gasteiger partial charge < -0.3 is 9.79 Å². The molecule has 0 bridgehead atoms. The van der Waals surface area contributed by atoms with Crippen LogP contribution in [0.2, 0.25) is 0 Å². The lowest BCUT2D eigenvalue weighted by Crippen LogP contribution is -2.16. The van der Waals surface area contributed by atoms with E-state index in [0.717, 1.165) is 4.48 Å². The molecular weight excluding hydrogens is 203 g/mol. The minimum Gasteiger partial charge on any atom is -0.332 e. The van der Waals surface area contributed by atoms with Crippen molar-refractivity contribution >= 4 is 25.7 Å². The number of amides is 1. The summed E-state index contributed by atoms with van der Waals surface area (Å²) in [5, 5.41) is 2.34. The molecule has 0 saturated heterocycles. The van der Waals surface area contributed by atoms with Gasteiger partial charge in [-0.2, -0.15) is 0 Å². The Labute approximate surface area is 84.5 Å². The zero-order valence-electron chi connectivity index (χ0n) is 7.52. The molecule has 0 radical (unpaired) electrons. The second kappa shape index (κ2) is 3.68. The highest BCUT2D eigenvalue weighted by Gasteiger charge is 2.19. The summed E-state index contributed by atoms with van der Waals surface area (Å²) >= 11 is 0. The predicted molar refractivity (Wildman–Crippen MR) is 52.4 cm³/mol. The number of nitrogens with one attached hydrogen (secondary N) is 1. The van der Waals surface area contributed by atoms with Crippen molar-refractivity contribution in [1.29, 1.82) is 0 Å². The van der Waals surface area contributed by atoms with Crippen LogP contribution in [0.4, 0.5) is 8.63 Å². The summed E-state index contributed by atoms with van der Waals surface area (Å²) < 4.78 is 25.6. The van der Waals surface area contributed by atoms with Gasteiger partial charge in [0.15, 0.2) is 0 Å². The third kappa shape index (κ3) is 1.81. The fourth-order valence-corrected chi connectivity index (χ4v) is 1.24. The van der Waals surface area contributed by atoms with Crippen molar-refractivity contribution in [1.82, 2.24) is 9.79 Å². The first kappa shape index (κ1) is 9.63. The minimum atomic E-state index is -2.62. The molecule has 0 aliphatic carbocycles. The molecule has 1 aromatic rings. The number of hydrogen-bond donors (Lipinski definition) is 1. The molecule has 15 heavy (non-hydrogen) atoms. The van der Waals surface area contributed by atoms with E-state index in [9.17, 15) is 13.4 Å². The summed E-state index contributed by atoms with van der Waals surface area (Å²) in [7, 11) is -2.62. The molecule has 0 aromatic carbocycles. The van der Waals surface area contributed by atoms with Gasteiger partial charge in [-0.25, -0.2) is 4.99 Å². The number of halogens is 2. The molecule has 4 nitrogen and oxygen atoms in total. The number of rotatable bonds is 2. The van der Waals surface area contributed by atoms with Crippen LogP contribution in [-0.2, 0) is 4.79 Å². The van der Waals surface area contributed by atoms with E-state index in [4.69, 9.17) is 0 Å². The lowest BCUT2D eigenvalue weighted by Gasteiger charge is -2.00. The van der Waals surface area contributed by atoms with Gasteiger partial charge in [-0.3, -0.25) is 13.4 Å². The molecule has 76 valence electrons. The van der Waals surface area contributed by atoms with E-state index < -0.39 is 13.3 Å². The standard InChI is InChI=1S/C8H6BF2N3O/c10-9(11)14-3-1-2-6(14)4-7-8(15)13-5-12-7/h1-5H,(H,12,13,15)/b7-4-. The van der Waals surface area contributed by atoms with E-state index in [1.807, 2.05) is 0 Å². The van der Waals surface area contributed by atoms with E-state index in [-0.39, 0.29) is 11.4 Å². The number of carbonyl (C=O) groups is 1. The maximum atomic E-state index is 12.4. The lowest BCUT2D eigenvalue weighted by atomic mass is 10.2. The van der Waals surface area contributed by atoms with Crippen molar-refractivity contribution in [3.63, 3.8) is 0 Å². The molecule has 1 aromatic heterocycles. The molecule has 2 heterocycles. The molecule has 0 saturated carbocycles. The van der Waals surface area contributed by atoms with Crippen LogP contribution in [0.3, 0.4) is 0 Å². The van der Waals surface area contributed by atoms with Crippen molar-refractivity contribution in [2.24, 2.45) is 4.99 Å². The summed E-state index contributed by atoms with van der Waals surface area (Å²) in [6, 6.07) is 2.97. The maximum absolute atomic E-state index is 12.4. The zero-order chi connectivity index (χ0) is 10.8. The van der Waals surface area contributed by atoms with Crippen LogP contribution in [0.25, 0.3) is 6.08 Å². The monoisotopic (exact) mass is 209 g/mol. The molecule has 0 unspecified atom stereocenters. The third-order valence-corrected chi connectivity index (χ3v) is 1.94. The molecular formula is C8H6BF2N3O. The molecule has 2 rings (SSSR count). The van der Waals surface area contributed by atoms with Crippen LogP contribution in [0, 0.1) is 0 Å². The van der Waals surface area contributed by atoms with Gasteiger partial charge in [-0.05, 0) is 24.4 Å². The van der Waals surface area contributed by atoms with Gasteiger partial charge in [-0.15, -0.1) is 0 Å². The minimum absolute atomic E-state index is 0.121. The highest BCUT2D eigenvalue weighted by Crippen LogP contribution is 2.12. The lowest BCUT2D eigenvalue weighted by molar-refractivity contribution is -0.115. The highest BCUT2D eigenvalue weighted by atomic mass is 19.2. The van der Waals surface area contributed by atoms with Crippen LogP contribution in [0.5, 0.6) is 0 Å². The first-order valence-corrected chi connectivity index (χ1v) is 4.18. The Morgan fingerprint density at radius 3 is 2.93 bits per heavy atom. The summed E-state index contributed by atoms with van der Waals surface area (Å²) in [4.78, 5) is 14.8. The van der Waals surface area contributed by atoms with Gasteiger partial charge in [0.25, 0.3) is 5.91 Å². The van der Waals surface area contributed by atoms with Crippen molar-refractivity contribution in [2.75, 3.05) is 0 Å². The highest BCUT2D eigenvalue weighted by molar-refractivity contribution is 6.41. The largest absolute Gasteiger partial charge is 0.677 e. The smallest absolute Gasteiger partial charge is 0.332 e. The molecule has 0 fully saturated rings. The topological polar surface area (TPSA) is 46.4 Å². The molecule has 0 atom stereocenters. The summed E-state index contributed by atoms with van der Waals surface area (Å²) in [5.74, 6) is -0.392. The number of aromatic nitrogens is 1. The number of hydrogen-bond acceptors (Lipinski definition) is 2. The van der Waals surface area contributed by atoms with Crippen molar-refractivity contribution in [3.05, 3.63) is 29.7 Å². The molecule has 1 N–H and O–H groups in total. The second-order valence-corrected chi connectivity index (χ2v) is 2.88. The fraction of sp³-hybridized carbons (Fsp3) is 0. The van der Waals surface area contributed by atoms with Crippen LogP contribution in [0.1, 0.15) is 5.69 Å². The van der Waals surface area contributed by atoms with Crippen LogP contribution in [-0.4, -0.2) is 24.1 Å². The van der Waals surface area contributed by atoms with Crippen molar-refractivity contribution < 1.29 is 13.4 Å². The van der Waals surface area contributed by atoms with E-state index in [0.29, 0.717) is 0 Å². The van der Waals surface area contributed by atoms with E-state index in [1.165, 1.54) is 30.7 Å². The zero-order valence-corrected chi connectivity index (χ0v) is 7.52. The van der Waals surface area contributed by atoms with Gasteiger partial charge in [-0.1, -0.05) is 0 Å². The van der Waals surface area contributed by atoms with E-state index in [2.05, 4.69) is 10.3 Å². The Morgan fingerprint density at radius 2 is 2.33 bits per heavy atom. The van der Waals surface area contributed by atoms with Crippen molar-refractivity contribution in [3.8, 4) is 0 Å². The molecule has 1 amide bonds. The summed E-state index contributed by atoms with van der Waals surface area (Å²) in [5.41, 5.74) is 0.366. The molecule has 1 aliphatic heterocycles. The molecule has 7 heteroatoms. The van der Waals surface area contributed by atoms with Gasteiger partial charge >= 0.3 is 7.40 Å². The third-order valence-electron chi connectivity index (χ3n) is 1.94. The fourth-order valence-electron chi connectivity index (χ4n) is 1.24. The Kier molecular flexibility index (Phi) is 2.36. The first-order chi connectivity index (χ1) is 7.18. The first-order valence-electron chi connectivity index (χ1n) is 4.18. The SMILES string of the molecule is O=C1NC=N/C1=C\c1cccn1B(F)F. The Morgan fingerprint density at radius 1 is 1.53 bits per heavy atom. The average Bonchev–Trinajstić information content (AvgIpc) is 2.77. The molecule has 1 aliphatic rings. The molecule has 0 spiro atoms. The number of carbonyl (C=O) groups excluding carboxylic acids is 1. The quantitative estimate of drug-likeness (QED) is 0.567. The number of nitrogens with zero attached hydrogens (tertiary/aromatic N) is 2. The van der Waals surface area contributed by atoms with Crippen LogP contribution < -0.4 is 5.32 Å². The van der Waals surface area contributed by atoms with Crippen LogP contribution >= 0.6 is 0 Å². The Hall–Kier alpha value is -1.92. The average molecular weight is 209 g/mol. The normalized spacial score (nSPS) is 17.2. The Balaban J connectivity index is 2.34. The predicted octanol–water partition coefficient (Wildman–Crippen LogP) is 0.759. The van der Waals surface area contributed by atoms with Gasteiger partial charge in [0.2, 0.25) is 0 Å². The maximum Gasteiger partial charge on any atom is 0.677 e. The van der Waals surface area contributed by atoms with Gasteiger partial charge in [0.1, 0.15) is 5.70 Å².